The first-order chi connectivity index (χ1) is 11.6. The van der Waals surface area contributed by atoms with E-state index in [1.165, 1.54) is 6.42 Å². The number of hydrogen-bond donors (Lipinski definition) is 0. The molecule has 1 fully saturated rings. The highest BCUT2D eigenvalue weighted by Crippen LogP contribution is 2.30. The monoisotopic (exact) mass is 341 g/mol. The quantitative estimate of drug-likeness (QED) is 0.708. The number of anilines is 1. The summed E-state index contributed by atoms with van der Waals surface area (Å²) in [7, 11) is 0. The molecule has 1 aromatic carbocycles. The Morgan fingerprint density at radius 1 is 1.04 bits per heavy atom. The largest absolute Gasteiger partial charge is 0.355 e. The summed E-state index contributed by atoms with van der Waals surface area (Å²) in [4.78, 5) is 11.4. The fourth-order valence-electron chi connectivity index (χ4n) is 3.69. The van der Waals surface area contributed by atoms with Gasteiger partial charge < -0.3 is 4.90 Å². The standard InChI is InChI=1S/C18H20ClN5/c1-12-7-13(2)10-23(9-12)17-16-8-22-24(18(16)21-11-20-17)15-5-3-14(19)4-6-15/h3-6,8,11-13H,7,9-10H2,1-2H3/t12-,13+. The highest BCUT2D eigenvalue weighted by molar-refractivity contribution is 6.30. The molecule has 0 spiro atoms. The molecule has 0 unspecified atom stereocenters. The summed E-state index contributed by atoms with van der Waals surface area (Å²) in [6.45, 7) is 6.67. The Labute approximate surface area is 146 Å². The molecule has 0 amide bonds. The lowest BCUT2D eigenvalue weighted by atomic mass is 9.92. The molecule has 2 atom stereocenters. The van der Waals surface area contributed by atoms with Gasteiger partial charge in [-0.25, -0.2) is 14.6 Å². The maximum absolute atomic E-state index is 5.98. The minimum atomic E-state index is 0.671. The van der Waals surface area contributed by atoms with E-state index in [2.05, 4.69) is 33.8 Å². The van der Waals surface area contributed by atoms with Crippen molar-refractivity contribution in [3.8, 4) is 5.69 Å². The Bertz CT molecular complexity index is 847. The highest BCUT2D eigenvalue weighted by atomic mass is 35.5. The SMILES string of the molecule is C[C@@H]1C[C@H](C)CN(c2ncnc3c2cnn3-c2ccc(Cl)cc2)C1. The molecule has 0 radical (unpaired) electrons. The normalized spacial score (nSPS) is 21.4. The van der Waals surface area contributed by atoms with Gasteiger partial charge in [-0.2, -0.15) is 5.10 Å². The summed E-state index contributed by atoms with van der Waals surface area (Å²) in [5.74, 6) is 2.33. The zero-order valence-corrected chi connectivity index (χ0v) is 14.6. The second-order valence-corrected chi connectivity index (χ2v) is 7.25. The summed E-state index contributed by atoms with van der Waals surface area (Å²) in [6.07, 6.45) is 4.77. The zero-order valence-electron chi connectivity index (χ0n) is 13.9. The molecule has 0 saturated carbocycles. The fourth-order valence-corrected chi connectivity index (χ4v) is 3.82. The smallest absolute Gasteiger partial charge is 0.168 e. The minimum absolute atomic E-state index is 0.671. The van der Waals surface area contributed by atoms with E-state index < -0.39 is 0 Å². The van der Waals surface area contributed by atoms with Crippen LogP contribution < -0.4 is 4.90 Å². The van der Waals surface area contributed by atoms with Gasteiger partial charge in [0, 0.05) is 18.1 Å². The third-order valence-corrected chi connectivity index (χ3v) is 4.84. The molecule has 0 N–H and O–H groups in total. The predicted octanol–water partition coefficient (Wildman–Crippen LogP) is 3.95. The average Bonchev–Trinajstić information content (AvgIpc) is 2.98. The lowest BCUT2D eigenvalue weighted by Gasteiger charge is -2.35. The van der Waals surface area contributed by atoms with Crippen molar-refractivity contribution in [3.63, 3.8) is 0 Å². The van der Waals surface area contributed by atoms with Crippen LogP contribution in [0.15, 0.2) is 36.8 Å². The molecule has 24 heavy (non-hydrogen) atoms. The number of rotatable bonds is 2. The van der Waals surface area contributed by atoms with Gasteiger partial charge in [0.05, 0.1) is 17.3 Å². The topological polar surface area (TPSA) is 46.8 Å². The van der Waals surface area contributed by atoms with Gasteiger partial charge in [-0.3, -0.25) is 0 Å². The number of hydrogen-bond acceptors (Lipinski definition) is 4. The van der Waals surface area contributed by atoms with Gasteiger partial charge in [0.1, 0.15) is 12.1 Å². The summed E-state index contributed by atoms with van der Waals surface area (Å²) in [6, 6.07) is 7.62. The third kappa shape index (κ3) is 2.73. The highest BCUT2D eigenvalue weighted by Gasteiger charge is 2.25. The molecule has 1 saturated heterocycles. The van der Waals surface area contributed by atoms with Crippen LogP contribution in [-0.4, -0.2) is 32.8 Å². The van der Waals surface area contributed by atoms with Crippen LogP contribution in [0.4, 0.5) is 5.82 Å². The van der Waals surface area contributed by atoms with E-state index in [0.717, 1.165) is 35.6 Å². The second-order valence-electron chi connectivity index (χ2n) is 6.82. The molecule has 4 rings (SSSR count). The van der Waals surface area contributed by atoms with Crippen LogP contribution in [0.5, 0.6) is 0 Å². The Balaban J connectivity index is 1.78. The molecule has 0 aliphatic carbocycles. The number of halogens is 1. The van der Waals surface area contributed by atoms with Crippen molar-refractivity contribution in [2.24, 2.45) is 11.8 Å². The van der Waals surface area contributed by atoms with Gasteiger partial charge in [0.25, 0.3) is 0 Å². The first-order valence-corrected chi connectivity index (χ1v) is 8.69. The van der Waals surface area contributed by atoms with E-state index in [1.54, 1.807) is 6.33 Å². The predicted molar refractivity (Wildman–Crippen MR) is 96.8 cm³/mol. The zero-order chi connectivity index (χ0) is 16.7. The fraction of sp³-hybridized carbons (Fsp3) is 0.389. The van der Waals surface area contributed by atoms with Gasteiger partial charge in [0.2, 0.25) is 0 Å². The minimum Gasteiger partial charge on any atom is -0.355 e. The number of aromatic nitrogens is 4. The van der Waals surface area contributed by atoms with E-state index >= 15 is 0 Å². The van der Waals surface area contributed by atoms with Gasteiger partial charge in [-0.05, 0) is 42.5 Å². The number of fused-ring (bicyclic) bond motifs is 1. The lowest BCUT2D eigenvalue weighted by molar-refractivity contribution is 0.356. The van der Waals surface area contributed by atoms with E-state index in [0.29, 0.717) is 16.9 Å². The van der Waals surface area contributed by atoms with Crippen LogP contribution in [-0.2, 0) is 0 Å². The Morgan fingerprint density at radius 3 is 2.46 bits per heavy atom. The van der Waals surface area contributed by atoms with Crippen molar-refractivity contribution in [2.75, 3.05) is 18.0 Å². The Kier molecular flexibility index (Phi) is 3.88. The maximum atomic E-state index is 5.98. The van der Waals surface area contributed by atoms with Gasteiger partial charge >= 0.3 is 0 Å². The molecule has 1 aliphatic rings. The van der Waals surface area contributed by atoms with Crippen LogP contribution in [0.2, 0.25) is 5.02 Å². The van der Waals surface area contributed by atoms with Crippen molar-refractivity contribution in [2.45, 2.75) is 20.3 Å². The van der Waals surface area contributed by atoms with Gasteiger partial charge in [-0.1, -0.05) is 25.4 Å². The molecule has 3 heterocycles. The van der Waals surface area contributed by atoms with E-state index in [1.807, 2.05) is 35.1 Å². The summed E-state index contributed by atoms with van der Waals surface area (Å²) in [5.41, 5.74) is 1.77. The molecule has 2 aromatic heterocycles. The van der Waals surface area contributed by atoms with Crippen molar-refractivity contribution < 1.29 is 0 Å². The van der Waals surface area contributed by atoms with Crippen LogP contribution in [0.1, 0.15) is 20.3 Å². The first-order valence-electron chi connectivity index (χ1n) is 8.31. The van der Waals surface area contributed by atoms with E-state index in [4.69, 9.17) is 11.6 Å². The summed E-state index contributed by atoms with van der Waals surface area (Å²) in [5, 5.41) is 6.24. The Morgan fingerprint density at radius 2 is 1.75 bits per heavy atom. The molecule has 124 valence electrons. The summed E-state index contributed by atoms with van der Waals surface area (Å²) < 4.78 is 1.84. The molecule has 5 nitrogen and oxygen atoms in total. The summed E-state index contributed by atoms with van der Waals surface area (Å²) >= 11 is 5.98. The van der Waals surface area contributed by atoms with E-state index in [-0.39, 0.29) is 0 Å². The molecule has 6 heteroatoms. The molecule has 3 aromatic rings. The number of nitrogens with zero attached hydrogens (tertiary/aromatic N) is 5. The number of piperidine rings is 1. The van der Waals surface area contributed by atoms with Crippen molar-refractivity contribution in [1.82, 2.24) is 19.7 Å². The van der Waals surface area contributed by atoms with Crippen LogP contribution in [0.3, 0.4) is 0 Å². The first kappa shape index (κ1) is 15.4. The van der Waals surface area contributed by atoms with Crippen LogP contribution in [0, 0.1) is 11.8 Å². The Hall–Kier alpha value is -2.14. The van der Waals surface area contributed by atoms with E-state index in [9.17, 15) is 0 Å². The van der Waals surface area contributed by atoms with Crippen molar-refractivity contribution in [3.05, 3.63) is 41.8 Å². The molecular weight excluding hydrogens is 322 g/mol. The second kappa shape index (κ2) is 6.06. The third-order valence-electron chi connectivity index (χ3n) is 4.58. The molecule has 1 aliphatic heterocycles. The van der Waals surface area contributed by atoms with Crippen LogP contribution >= 0.6 is 11.6 Å². The van der Waals surface area contributed by atoms with Gasteiger partial charge in [0.15, 0.2) is 5.65 Å². The molecular formula is C18H20ClN5. The lowest BCUT2D eigenvalue weighted by Crippen LogP contribution is -2.39. The maximum Gasteiger partial charge on any atom is 0.168 e. The van der Waals surface area contributed by atoms with Crippen LogP contribution in [0.25, 0.3) is 16.7 Å². The van der Waals surface area contributed by atoms with Gasteiger partial charge in [-0.15, -0.1) is 0 Å². The van der Waals surface area contributed by atoms with Crippen molar-refractivity contribution >= 4 is 28.5 Å². The average molecular weight is 342 g/mol. The van der Waals surface area contributed by atoms with Crippen molar-refractivity contribution in [1.29, 1.82) is 0 Å². The number of benzene rings is 1. The molecule has 0 bridgehead atoms.